The first-order valence-corrected chi connectivity index (χ1v) is 7.17. The normalized spacial score (nSPS) is 11.1. The van der Waals surface area contributed by atoms with Crippen molar-refractivity contribution in [2.75, 3.05) is 6.54 Å². The van der Waals surface area contributed by atoms with Crippen LogP contribution >= 0.6 is 0 Å². The summed E-state index contributed by atoms with van der Waals surface area (Å²) < 4.78 is 19.3. The molecule has 2 N–H and O–H groups in total. The summed E-state index contributed by atoms with van der Waals surface area (Å²) in [4.78, 5) is 0. The number of nitrogens with one attached hydrogen (secondary N) is 2. The fourth-order valence-electron chi connectivity index (χ4n) is 1.97. The molecule has 4 nitrogen and oxygen atoms in total. The van der Waals surface area contributed by atoms with E-state index in [0.29, 0.717) is 17.4 Å². The summed E-state index contributed by atoms with van der Waals surface area (Å²) in [7, 11) is 0. The summed E-state index contributed by atoms with van der Waals surface area (Å²) in [6.07, 6.45) is 0. The van der Waals surface area contributed by atoms with Crippen LogP contribution in [0.5, 0.6) is 5.88 Å². The van der Waals surface area contributed by atoms with E-state index < -0.39 is 0 Å². The van der Waals surface area contributed by atoms with Crippen molar-refractivity contribution in [3.05, 3.63) is 46.9 Å². The topological polar surface area (TPSA) is 49.9 Å². The Hall–Kier alpha value is -1.88. The van der Waals surface area contributed by atoms with E-state index in [9.17, 15) is 4.39 Å². The molecule has 0 bridgehead atoms. The summed E-state index contributed by atoms with van der Waals surface area (Å²) in [6.45, 7) is 8.05. The van der Waals surface area contributed by atoms with Crippen molar-refractivity contribution in [1.29, 1.82) is 0 Å². The number of aryl methyl sites for hydroxylation is 1. The van der Waals surface area contributed by atoms with Crippen molar-refractivity contribution < 1.29 is 9.13 Å². The maximum Gasteiger partial charge on any atom is 0.233 e. The molecular formula is C16H22FN3O. The molecule has 1 heterocycles. The standard InChI is InChI=1S/C16H22FN3O/c1-11(2)8-18-9-13-4-5-15(17)14(7-13)10-21-16-6-12(3)19-20-16/h4-7,11,18H,8-10H2,1-3H3,(H,19,20). The van der Waals surface area contributed by atoms with E-state index in [1.54, 1.807) is 12.1 Å². The molecule has 1 aromatic heterocycles. The van der Waals surface area contributed by atoms with Crippen molar-refractivity contribution >= 4 is 0 Å². The van der Waals surface area contributed by atoms with Crippen LogP contribution in [-0.4, -0.2) is 16.7 Å². The summed E-state index contributed by atoms with van der Waals surface area (Å²) in [5.41, 5.74) is 2.51. The van der Waals surface area contributed by atoms with E-state index in [0.717, 1.165) is 24.3 Å². The molecule has 0 aliphatic heterocycles. The molecule has 0 aliphatic carbocycles. The van der Waals surface area contributed by atoms with E-state index >= 15 is 0 Å². The molecule has 0 fully saturated rings. The minimum atomic E-state index is -0.255. The molecule has 2 rings (SSSR count). The highest BCUT2D eigenvalue weighted by atomic mass is 19.1. The Kier molecular flexibility index (Phi) is 5.33. The number of aromatic nitrogens is 2. The van der Waals surface area contributed by atoms with Gasteiger partial charge in [-0.25, -0.2) is 4.39 Å². The van der Waals surface area contributed by atoms with Crippen molar-refractivity contribution in [1.82, 2.24) is 15.5 Å². The van der Waals surface area contributed by atoms with E-state index in [1.165, 1.54) is 6.07 Å². The molecule has 21 heavy (non-hydrogen) atoms. The Morgan fingerprint density at radius 2 is 2.14 bits per heavy atom. The molecule has 0 aliphatic rings. The Morgan fingerprint density at radius 3 is 2.81 bits per heavy atom. The number of ether oxygens (including phenoxy) is 1. The van der Waals surface area contributed by atoms with Gasteiger partial charge in [-0.15, -0.1) is 5.10 Å². The van der Waals surface area contributed by atoms with Gasteiger partial charge < -0.3 is 10.1 Å². The molecule has 114 valence electrons. The number of benzene rings is 1. The summed E-state index contributed by atoms with van der Waals surface area (Å²) in [5.74, 6) is 0.821. The number of hydrogen-bond donors (Lipinski definition) is 2. The van der Waals surface area contributed by atoms with Crippen LogP contribution in [0, 0.1) is 18.7 Å². The van der Waals surface area contributed by atoms with Gasteiger partial charge in [0, 0.05) is 23.9 Å². The first-order valence-electron chi connectivity index (χ1n) is 7.17. The van der Waals surface area contributed by atoms with Crippen LogP contribution in [0.4, 0.5) is 4.39 Å². The largest absolute Gasteiger partial charge is 0.472 e. The smallest absolute Gasteiger partial charge is 0.233 e. The average Bonchev–Trinajstić information content (AvgIpc) is 2.84. The number of halogens is 1. The van der Waals surface area contributed by atoms with Crippen LogP contribution < -0.4 is 10.1 Å². The second-order valence-electron chi connectivity index (χ2n) is 5.63. The van der Waals surface area contributed by atoms with Crippen molar-refractivity contribution in [3.8, 4) is 5.88 Å². The van der Waals surface area contributed by atoms with Gasteiger partial charge in [0.25, 0.3) is 0 Å². The number of H-pyrrole nitrogens is 1. The van der Waals surface area contributed by atoms with Gasteiger partial charge in [-0.1, -0.05) is 19.9 Å². The molecule has 0 amide bonds. The average molecular weight is 291 g/mol. The van der Waals surface area contributed by atoms with E-state index in [2.05, 4.69) is 29.4 Å². The Bertz CT molecular complexity index is 581. The number of rotatable bonds is 7. The lowest BCUT2D eigenvalue weighted by Gasteiger charge is -2.10. The van der Waals surface area contributed by atoms with E-state index in [1.807, 2.05) is 13.0 Å². The molecule has 0 spiro atoms. The predicted octanol–water partition coefficient (Wildman–Crippen LogP) is 3.18. The Labute approximate surface area is 124 Å². The van der Waals surface area contributed by atoms with Crippen molar-refractivity contribution in [2.24, 2.45) is 5.92 Å². The molecule has 0 atom stereocenters. The van der Waals surface area contributed by atoms with Crippen LogP contribution in [0.1, 0.15) is 30.7 Å². The quantitative estimate of drug-likeness (QED) is 0.823. The number of hydrogen-bond acceptors (Lipinski definition) is 3. The molecule has 5 heteroatoms. The van der Waals surface area contributed by atoms with Crippen molar-refractivity contribution in [3.63, 3.8) is 0 Å². The van der Waals surface area contributed by atoms with Gasteiger partial charge in [-0.3, -0.25) is 5.10 Å². The van der Waals surface area contributed by atoms with E-state index in [-0.39, 0.29) is 12.4 Å². The van der Waals surface area contributed by atoms with Crippen LogP contribution in [0.25, 0.3) is 0 Å². The molecule has 0 saturated heterocycles. The third kappa shape index (κ3) is 4.86. The summed E-state index contributed by atoms with van der Waals surface area (Å²) in [6, 6.07) is 6.90. The molecule has 0 radical (unpaired) electrons. The fourth-order valence-corrected chi connectivity index (χ4v) is 1.97. The maximum atomic E-state index is 13.8. The van der Waals surface area contributed by atoms with Crippen LogP contribution in [0.15, 0.2) is 24.3 Å². The highest BCUT2D eigenvalue weighted by molar-refractivity contribution is 5.25. The number of nitrogens with zero attached hydrogens (tertiary/aromatic N) is 1. The zero-order chi connectivity index (χ0) is 15.2. The van der Waals surface area contributed by atoms with Gasteiger partial charge in [0.2, 0.25) is 5.88 Å². The highest BCUT2D eigenvalue weighted by Crippen LogP contribution is 2.15. The van der Waals surface area contributed by atoms with Crippen LogP contribution in [-0.2, 0) is 13.2 Å². The SMILES string of the molecule is Cc1cc(OCc2cc(CNCC(C)C)ccc2F)n[nH]1. The summed E-state index contributed by atoms with van der Waals surface area (Å²) in [5, 5.41) is 10.1. The molecule has 0 unspecified atom stereocenters. The van der Waals surface area contributed by atoms with E-state index in [4.69, 9.17) is 4.74 Å². The lowest BCUT2D eigenvalue weighted by molar-refractivity contribution is 0.287. The van der Waals surface area contributed by atoms with Crippen LogP contribution in [0.2, 0.25) is 0 Å². The lowest BCUT2D eigenvalue weighted by Crippen LogP contribution is -2.19. The first kappa shape index (κ1) is 15.5. The lowest BCUT2D eigenvalue weighted by atomic mass is 10.1. The maximum absolute atomic E-state index is 13.8. The Balaban J connectivity index is 1.94. The predicted molar refractivity (Wildman–Crippen MR) is 80.6 cm³/mol. The summed E-state index contributed by atoms with van der Waals surface area (Å²) >= 11 is 0. The zero-order valence-corrected chi connectivity index (χ0v) is 12.7. The van der Waals surface area contributed by atoms with Gasteiger partial charge >= 0.3 is 0 Å². The van der Waals surface area contributed by atoms with Gasteiger partial charge in [0.1, 0.15) is 12.4 Å². The number of aromatic amines is 1. The van der Waals surface area contributed by atoms with Gasteiger partial charge in [-0.2, -0.15) is 0 Å². The minimum absolute atomic E-state index is 0.175. The monoisotopic (exact) mass is 291 g/mol. The second-order valence-corrected chi connectivity index (χ2v) is 5.63. The third-order valence-electron chi connectivity index (χ3n) is 3.05. The zero-order valence-electron chi connectivity index (χ0n) is 12.7. The molecule has 2 aromatic rings. The molecule has 0 saturated carbocycles. The molecule has 1 aromatic carbocycles. The van der Waals surface area contributed by atoms with Crippen LogP contribution in [0.3, 0.4) is 0 Å². The van der Waals surface area contributed by atoms with Gasteiger partial charge in [-0.05, 0) is 37.1 Å². The minimum Gasteiger partial charge on any atom is -0.472 e. The molecular weight excluding hydrogens is 269 g/mol. The van der Waals surface area contributed by atoms with Gasteiger partial charge in [0.05, 0.1) is 0 Å². The highest BCUT2D eigenvalue weighted by Gasteiger charge is 2.06. The van der Waals surface area contributed by atoms with Crippen molar-refractivity contribution in [2.45, 2.75) is 33.9 Å². The second kappa shape index (κ2) is 7.22. The fraction of sp³-hybridized carbons (Fsp3) is 0.438. The third-order valence-corrected chi connectivity index (χ3v) is 3.05. The Morgan fingerprint density at radius 1 is 1.33 bits per heavy atom. The first-order chi connectivity index (χ1) is 10.0. The van der Waals surface area contributed by atoms with Gasteiger partial charge in [0.15, 0.2) is 0 Å².